The van der Waals surface area contributed by atoms with Gasteiger partial charge in [0.2, 0.25) is 11.7 Å². The summed E-state index contributed by atoms with van der Waals surface area (Å²) in [6, 6.07) is 6.33. The standard InChI is InChI=1S/C13H7FN4O4S/c14-10-3-1-2-7(15-10)13-11(16-17-23-13)6-4-8(18(21)22)12(20)9(19)5-6/h1-5,19-20H. The van der Waals surface area contributed by atoms with Gasteiger partial charge in [0, 0.05) is 11.6 Å². The number of phenols is 2. The summed E-state index contributed by atoms with van der Waals surface area (Å²) in [7, 11) is 0. The minimum Gasteiger partial charge on any atom is -0.504 e. The Morgan fingerprint density at radius 3 is 2.74 bits per heavy atom. The Kier molecular flexibility index (Phi) is 3.58. The lowest BCUT2D eigenvalue weighted by Crippen LogP contribution is -1.92. The van der Waals surface area contributed by atoms with Crippen LogP contribution in [-0.2, 0) is 0 Å². The monoisotopic (exact) mass is 334 g/mol. The molecule has 0 bridgehead atoms. The molecule has 0 aliphatic carbocycles. The minimum atomic E-state index is -0.840. The van der Waals surface area contributed by atoms with Crippen molar-refractivity contribution in [2.75, 3.05) is 0 Å². The van der Waals surface area contributed by atoms with Crippen LogP contribution in [0.15, 0.2) is 30.3 Å². The van der Waals surface area contributed by atoms with Gasteiger partial charge in [0.05, 0.1) is 10.6 Å². The molecule has 0 unspecified atom stereocenters. The molecule has 10 heteroatoms. The molecule has 0 spiro atoms. The van der Waals surface area contributed by atoms with Crippen LogP contribution in [0, 0.1) is 16.1 Å². The highest BCUT2D eigenvalue weighted by Crippen LogP contribution is 2.41. The minimum absolute atomic E-state index is 0.154. The summed E-state index contributed by atoms with van der Waals surface area (Å²) in [5.74, 6) is -2.20. The van der Waals surface area contributed by atoms with Gasteiger partial charge < -0.3 is 10.2 Å². The zero-order chi connectivity index (χ0) is 16.6. The second kappa shape index (κ2) is 5.57. The molecule has 23 heavy (non-hydrogen) atoms. The summed E-state index contributed by atoms with van der Waals surface area (Å²) >= 11 is 0.926. The number of hydrogen-bond acceptors (Lipinski definition) is 8. The van der Waals surface area contributed by atoms with Crippen molar-refractivity contribution < 1.29 is 19.5 Å². The first kappa shape index (κ1) is 14.8. The van der Waals surface area contributed by atoms with Gasteiger partial charge in [0.25, 0.3) is 0 Å². The molecule has 0 amide bonds. The molecule has 3 rings (SSSR count). The third-order valence-corrected chi connectivity index (χ3v) is 3.72. The third-order valence-electron chi connectivity index (χ3n) is 2.98. The van der Waals surface area contributed by atoms with Gasteiger partial charge in [0.1, 0.15) is 10.6 Å². The lowest BCUT2D eigenvalue weighted by atomic mass is 10.1. The van der Waals surface area contributed by atoms with Crippen molar-refractivity contribution in [1.29, 1.82) is 0 Å². The summed E-state index contributed by atoms with van der Waals surface area (Å²) in [5.41, 5.74) is -0.0790. The largest absolute Gasteiger partial charge is 0.504 e. The van der Waals surface area contributed by atoms with E-state index in [0.717, 1.165) is 23.7 Å². The summed E-state index contributed by atoms with van der Waals surface area (Å²) in [4.78, 5) is 14.2. The SMILES string of the molecule is O=[N+]([O-])c1cc(-c2nnsc2-c2cccc(F)n2)cc(O)c1O. The fourth-order valence-electron chi connectivity index (χ4n) is 1.96. The highest BCUT2D eigenvalue weighted by atomic mass is 32.1. The highest BCUT2D eigenvalue weighted by Gasteiger charge is 2.23. The molecule has 0 aliphatic heterocycles. The van der Waals surface area contributed by atoms with E-state index in [1.54, 1.807) is 0 Å². The Hall–Kier alpha value is -3.14. The van der Waals surface area contributed by atoms with E-state index in [4.69, 9.17) is 0 Å². The maximum atomic E-state index is 13.3. The van der Waals surface area contributed by atoms with E-state index in [2.05, 4.69) is 14.6 Å². The molecule has 3 aromatic rings. The van der Waals surface area contributed by atoms with E-state index in [1.165, 1.54) is 18.2 Å². The van der Waals surface area contributed by atoms with E-state index < -0.39 is 28.1 Å². The van der Waals surface area contributed by atoms with Crippen LogP contribution in [0.5, 0.6) is 11.5 Å². The van der Waals surface area contributed by atoms with Gasteiger partial charge in [-0.15, -0.1) is 5.10 Å². The number of halogens is 1. The summed E-state index contributed by atoms with van der Waals surface area (Å²) in [5, 5.41) is 34.0. The number of aromatic nitrogens is 3. The maximum Gasteiger partial charge on any atom is 0.315 e. The fraction of sp³-hybridized carbons (Fsp3) is 0. The molecule has 2 aromatic heterocycles. The van der Waals surface area contributed by atoms with Gasteiger partial charge in [-0.05, 0) is 29.7 Å². The number of rotatable bonds is 3. The lowest BCUT2D eigenvalue weighted by molar-refractivity contribution is -0.385. The van der Waals surface area contributed by atoms with E-state index in [9.17, 15) is 24.7 Å². The van der Waals surface area contributed by atoms with Gasteiger partial charge >= 0.3 is 5.69 Å². The predicted molar refractivity (Wildman–Crippen MR) is 78.5 cm³/mol. The number of hydrogen-bond donors (Lipinski definition) is 2. The molecule has 116 valence electrons. The van der Waals surface area contributed by atoms with Crippen molar-refractivity contribution in [3.8, 4) is 33.3 Å². The number of phenolic OH excluding ortho intramolecular Hbond substituents is 2. The first-order chi connectivity index (χ1) is 11.0. The zero-order valence-corrected chi connectivity index (χ0v) is 12.0. The highest BCUT2D eigenvalue weighted by molar-refractivity contribution is 7.09. The number of nitro benzene ring substituents is 1. The van der Waals surface area contributed by atoms with Crippen LogP contribution in [0.1, 0.15) is 0 Å². The van der Waals surface area contributed by atoms with Crippen molar-refractivity contribution in [2.45, 2.75) is 0 Å². The van der Waals surface area contributed by atoms with Gasteiger partial charge in [-0.25, -0.2) is 4.98 Å². The zero-order valence-electron chi connectivity index (χ0n) is 11.2. The summed E-state index contributed by atoms with van der Waals surface area (Å²) < 4.78 is 17.0. The van der Waals surface area contributed by atoms with Crippen molar-refractivity contribution in [3.05, 3.63) is 46.4 Å². The Morgan fingerprint density at radius 1 is 1.26 bits per heavy atom. The van der Waals surface area contributed by atoms with Crippen molar-refractivity contribution in [2.24, 2.45) is 0 Å². The normalized spacial score (nSPS) is 10.7. The van der Waals surface area contributed by atoms with Gasteiger partial charge in [-0.1, -0.05) is 10.6 Å². The summed E-state index contributed by atoms with van der Waals surface area (Å²) in [6.45, 7) is 0. The van der Waals surface area contributed by atoms with Crippen molar-refractivity contribution >= 4 is 17.2 Å². The van der Waals surface area contributed by atoms with E-state index in [1.807, 2.05) is 0 Å². The third kappa shape index (κ3) is 2.66. The first-order valence-corrected chi connectivity index (χ1v) is 6.90. The Labute approximate surface area is 131 Å². The molecule has 0 fully saturated rings. The van der Waals surface area contributed by atoms with Crippen LogP contribution in [0.4, 0.5) is 10.1 Å². The number of benzene rings is 1. The van der Waals surface area contributed by atoms with Gasteiger partial charge in [0.15, 0.2) is 5.75 Å². The predicted octanol–water partition coefficient (Wildman–Crippen LogP) is 2.73. The number of pyridine rings is 1. The molecule has 8 nitrogen and oxygen atoms in total. The van der Waals surface area contributed by atoms with Crippen molar-refractivity contribution in [1.82, 2.24) is 14.6 Å². The van der Waals surface area contributed by atoms with Crippen LogP contribution < -0.4 is 0 Å². The van der Waals surface area contributed by atoms with E-state index >= 15 is 0 Å². The smallest absolute Gasteiger partial charge is 0.315 e. The van der Waals surface area contributed by atoms with Crippen molar-refractivity contribution in [3.63, 3.8) is 0 Å². The molecule has 0 aliphatic rings. The fourth-order valence-corrected chi connectivity index (χ4v) is 2.62. The molecule has 0 saturated carbocycles. The average Bonchev–Trinajstić information content (AvgIpc) is 2.99. The topological polar surface area (TPSA) is 122 Å². The van der Waals surface area contributed by atoms with Crippen LogP contribution >= 0.6 is 11.5 Å². The molecule has 0 radical (unpaired) electrons. The first-order valence-electron chi connectivity index (χ1n) is 6.13. The molecule has 2 heterocycles. The second-order valence-electron chi connectivity index (χ2n) is 4.42. The van der Waals surface area contributed by atoms with Crippen LogP contribution in [-0.4, -0.2) is 29.7 Å². The Balaban J connectivity index is 2.18. The summed E-state index contributed by atoms with van der Waals surface area (Å²) in [6.07, 6.45) is 0. The van der Waals surface area contributed by atoms with E-state index in [0.29, 0.717) is 4.88 Å². The number of aromatic hydroxyl groups is 2. The molecular formula is C13H7FN4O4S. The number of nitrogens with zero attached hydrogens (tertiary/aromatic N) is 4. The molecular weight excluding hydrogens is 327 g/mol. The maximum absolute atomic E-state index is 13.3. The van der Waals surface area contributed by atoms with Crippen LogP contribution in [0.25, 0.3) is 21.8 Å². The number of nitro groups is 1. The molecule has 1 aromatic carbocycles. The molecule has 0 atom stereocenters. The van der Waals surface area contributed by atoms with Crippen LogP contribution in [0.3, 0.4) is 0 Å². The lowest BCUT2D eigenvalue weighted by Gasteiger charge is -2.04. The average molecular weight is 334 g/mol. The van der Waals surface area contributed by atoms with Crippen LogP contribution in [0.2, 0.25) is 0 Å². The van der Waals surface area contributed by atoms with Gasteiger partial charge in [-0.2, -0.15) is 4.39 Å². The molecule has 0 saturated heterocycles. The van der Waals surface area contributed by atoms with Gasteiger partial charge in [-0.3, -0.25) is 10.1 Å². The molecule has 2 N–H and O–H groups in total. The Bertz CT molecular complexity index is 915. The van der Waals surface area contributed by atoms with E-state index in [-0.39, 0.29) is 17.0 Å². The quantitative estimate of drug-likeness (QED) is 0.327. The Morgan fingerprint density at radius 2 is 2.04 bits per heavy atom. The second-order valence-corrected chi connectivity index (χ2v) is 5.17.